The molecule has 2 rings (SSSR count). The monoisotopic (exact) mass is 278 g/mol. The lowest BCUT2D eigenvalue weighted by molar-refractivity contribution is 0.00578. The van der Waals surface area contributed by atoms with Gasteiger partial charge in [-0.15, -0.1) is 0 Å². The van der Waals surface area contributed by atoms with Crippen LogP contribution in [0.2, 0.25) is 0 Å². The van der Waals surface area contributed by atoms with Gasteiger partial charge >= 0.3 is 7.12 Å². The van der Waals surface area contributed by atoms with Crippen LogP contribution in [0, 0.1) is 0 Å². The molecule has 0 aliphatic carbocycles. The smallest absolute Gasteiger partial charge is 0.399 e. The first kappa shape index (κ1) is 14.8. The van der Waals surface area contributed by atoms with Crippen molar-refractivity contribution in [3.8, 4) is 0 Å². The summed E-state index contributed by atoms with van der Waals surface area (Å²) < 4.78 is 11.8. The second kappa shape index (κ2) is 4.75. The van der Waals surface area contributed by atoms with Gasteiger partial charge in [0.25, 0.3) is 11.5 Å². The van der Waals surface area contributed by atoms with Crippen molar-refractivity contribution in [1.82, 2.24) is 10.3 Å². The van der Waals surface area contributed by atoms with E-state index in [1.54, 1.807) is 6.07 Å². The molecule has 20 heavy (non-hydrogen) atoms. The predicted octanol–water partition coefficient (Wildman–Crippen LogP) is 0.0337. The van der Waals surface area contributed by atoms with E-state index in [1.807, 2.05) is 27.7 Å². The van der Waals surface area contributed by atoms with Crippen LogP contribution in [0.5, 0.6) is 0 Å². The molecule has 0 bridgehead atoms. The molecule has 0 atom stereocenters. The van der Waals surface area contributed by atoms with E-state index >= 15 is 0 Å². The van der Waals surface area contributed by atoms with Crippen LogP contribution in [-0.4, -0.2) is 36.3 Å². The summed E-state index contributed by atoms with van der Waals surface area (Å²) in [5, 5.41) is 2.46. The fraction of sp³-hybridized carbons (Fsp3) is 0.538. The molecule has 1 aliphatic rings. The van der Waals surface area contributed by atoms with Crippen molar-refractivity contribution in [3.05, 3.63) is 28.2 Å². The summed E-state index contributed by atoms with van der Waals surface area (Å²) >= 11 is 0. The van der Waals surface area contributed by atoms with E-state index in [0.717, 1.165) is 0 Å². The number of hydrogen-bond acceptors (Lipinski definition) is 4. The van der Waals surface area contributed by atoms with E-state index in [-0.39, 0.29) is 5.56 Å². The van der Waals surface area contributed by atoms with E-state index in [9.17, 15) is 9.59 Å². The van der Waals surface area contributed by atoms with Crippen molar-refractivity contribution in [3.63, 3.8) is 0 Å². The Morgan fingerprint density at radius 3 is 2.30 bits per heavy atom. The quantitative estimate of drug-likeness (QED) is 0.748. The fourth-order valence-electron chi connectivity index (χ4n) is 2.02. The van der Waals surface area contributed by atoms with Gasteiger partial charge in [0.05, 0.1) is 11.2 Å². The Morgan fingerprint density at radius 2 is 1.80 bits per heavy atom. The molecule has 2 N–H and O–H groups in total. The van der Waals surface area contributed by atoms with Gasteiger partial charge in [-0.3, -0.25) is 9.59 Å². The zero-order valence-electron chi connectivity index (χ0n) is 12.4. The topological polar surface area (TPSA) is 80.4 Å². The van der Waals surface area contributed by atoms with E-state index in [2.05, 4.69) is 10.3 Å². The molecule has 1 aliphatic heterocycles. The zero-order valence-corrected chi connectivity index (χ0v) is 12.4. The number of pyridine rings is 1. The summed E-state index contributed by atoms with van der Waals surface area (Å²) in [5.74, 6) is -0.462. The molecule has 0 spiro atoms. The molecule has 2 heterocycles. The Morgan fingerprint density at radius 1 is 1.25 bits per heavy atom. The van der Waals surface area contributed by atoms with Gasteiger partial charge < -0.3 is 19.6 Å². The van der Waals surface area contributed by atoms with Crippen LogP contribution in [0.1, 0.15) is 38.1 Å². The highest BCUT2D eigenvalue weighted by Crippen LogP contribution is 2.36. The molecule has 108 valence electrons. The zero-order chi connectivity index (χ0) is 15.1. The van der Waals surface area contributed by atoms with Crippen molar-refractivity contribution in [1.29, 1.82) is 0 Å². The fourth-order valence-corrected chi connectivity index (χ4v) is 2.02. The van der Waals surface area contributed by atoms with Crippen molar-refractivity contribution in [2.45, 2.75) is 38.9 Å². The number of hydrogen-bond donors (Lipinski definition) is 2. The largest absolute Gasteiger partial charge is 0.495 e. The van der Waals surface area contributed by atoms with Crippen LogP contribution < -0.4 is 16.3 Å². The van der Waals surface area contributed by atoms with Crippen LogP contribution in [0.3, 0.4) is 0 Å². The highest BCUT2D eigenvalue weighted by Gasteiger charge is 2.52. The first-order valence-electron chi connectivity index (χ1n) is 6.49. The van der Waals surface area contributed by atoms with E-state index in [0.29, 0.717) is 5.46 Å². The average Bonchev–Trinajstić information content (AvgIpc) is 2.57. The molecule has 0 saturated carbocycles. The number of carbonyl (C=O) groups is 1. The number of aromatic amines is 1. The molecule has 0 radical (unpaired) electrons. The van der Waals surface area contributed by atoms with Gasteiger partial charge in [0.2, 0.25) is 0 Å². The number of amides is 1. The summed E-state index contributed by atoms with van der Waals surface area (Å²) in [6.07, 6.45) is 1.48. The SMILES string of the molecule is CNC(=O)c1c(B2OC(C)(C)C(C)(C)O2)cc[nH]c1=O. The predicted molar refractivity (Wildman–Crippen MR) is 76.2 cm³/mol. The van der Waals surface area contributed by atoms with Crippen LogP contribution in [0.25, 0.3) is 0 Å². The molecule has 1 aromatic rings. The molecule has 7 heteroatoms. The maximum absolute atomic E-state index is 11.9. The van der Waals surface area contributed by atoms with Gasteiger partial charge in [0, 0.05) is 18.7 Å². The van der Waals surface area contributed by atoms with E-state index in [4.69, 9.17) is 9.31 Å². The van der Waals surface area contributed by atoms with Crippen LogP contribution in [0.4, 0.5) is 0 Å². The lowest BCUT2D eigenvalue weighted by atomic mass is 9.76. The summed E-state index contributed by atoms with van der Waals surface area (Å²) in [5.41, 5.74) is -1.06. The van der Waals surface area contributed by atoms with Crippen LogP contribution in [0.15, 0.2) is 17.1 Å². The molecular formula is C13H19BN2O4. The highest BCUT2D eigenvalue weighted by molar-refractivity contribution is 6.63. The third-order valence-electron chi connectivity index (χ3n) is 3.95. The van der Waals surface area contributed by atoms with Crippen LogP contribution in [-0.2, 0) is 9.31 Å². The minimum Gasteiger partial charge on any atom is -0.399 e. The first-order valence-corrected chi connectivity index (χ1v) is 6.49. The Hall–Kier alpha value is -1.60. The van der Waals surface area contributed by atoms with Crippen molar-refractivity contribution < 1.29 is 14.1 Å². The molecule has 0 unspecified atom stereocenters. The number of rotatable bonds is 2. The van der Waals surface area contributed by atoms with Crippen LogP contribution >= 0.6 is 0 Å². The Kier molecular flexibility index (Phi) is 3.52. The third-order valence-corrected chi connectivity index (χ3v) is 3.95. The maximum atomic E-state index is 11.9. The number of aromatic nitrogens is 1. The molecule has 6 nitrogen and oxygen atoms in total. The summed E-state index contributed by atoms with van der Waals surface area (Å²) in [6.45, 7) is 7.67. The highest BCUT2D eigenvalue weighted by atomic mass is 16.7. The second-order valence-corrected chi connectivity index (χ2v) is 5.80. The summed E-state index contributed by atoms with van der Waals surface area (Å²) in [7, 11) is 0.734. The molecule has 1 amide bonds. The number of carbonyl (C=O) groups excluding carboxylic acids is 1. The molecular weight excluding hydrogens is 259 g/mol. The Bertz CT molecular complexity index is 578. The van der Waals surface area contributed by atoms with Crippen molar-refractivity contribution in [2.75, 3.05) is 7.05 Å². The third kappa shape index (κ3) is 2.27. The molecule has 1 fully saturated rings. The Labute approximate surface area is 118 Å². The van der Waals surface area contributed by atoms with Gasteiger partial charge in [0.15, 0.2) is 0 Å². The lowest BCUT2D eigenvalue weighted by Gasteiger charge is -2.32. The lowest BCUT2D eigenvalue weighted by Crippen LogP contribution is -2.44. The van der Waals surface area contributed by atoms with E-state index in [1.165, 1.54) is 13.2 Å². The van der Waals surface area contributed by atoms with Gasteiger partial charge in [-0.2, -0.15) is 0 Å². The summed E-state index contributed by atoms with van der Waals surface area (Å²) in [4.78, 5) is 26.3. The summed E-state index contributed by atoms with van der Waals surface area (Å²) in [6, 6.07) is 1.63. The maximum Gasteiger partial charge on any atom is 0.495 e. The van der Waals surface area contributed by atoms with Crippen molar-refractivity contribution in [2.24, 2.45) is 0 Å². The molecule has 1 aromatic heterocycles. The normalized spacial score (nSPS) is 19.9. The Balaban J connectivity index is 2.48. The van der Waals surface area contributed by atoms with Gasteiger partial charge in [-0.1, -0.05) is 0 Å². The van der Waals surface area contributed by atoms with Crippen molar-refractivity contribution >= 4 is 18.5 Å². The second-order valence-electron chi connectivity index (χ2n) is 5.80. The standard InChI is InChI=1S/C13H19BN2O4/c1-12(2)13(3,4)20-14(19-12)8-6-7-16-11(18)9(8)10(17)15-5/h6-7H,1-5H3,(H,15,17)(H,16,18). The minimum atomic E-state index is -0.741. The van der Waals surface area contributed by atoms with Gasteiger partial charge in [0.1, 0.15) is 5.56 Å². The van der Waals surface area contributed by atoms with E-state index < -0.39 is 29.8 Å². The first-order chi connectivity index (χ1) is 9.19. The molecule has 1 saturated heterocycles. The van der Waals surface area contributed by atoms with Gasteiger partial charge in [-0.05, 0) is 33.8 Å². The number of nitrogens with one attached hydrogen (secondary N) is 2. The average molecular weight is 278 g/mol. The minimum absolute atomic E-state index is 0.0218. The van der Waals surface area contributed by atoms with Gasteiger partial charge in [-0.25, -0.2) is 0 Å². The molecule has 0 aromatic carbocycles. The number of H-pyrrole nitrogens is 1.